The van der Waals surface area contributed by atoms with Crippen LogP contribution in [0, 0.1) is 5.41 Å². The lowest BCUT2D eigenvalue weighted by Crippen LogP contribution is -1.97. The van der Waals surface area contributed by atoms with E-state index in [-0.39, 0.29) is 0 Å². The Morgan fingerprint density at radius 2 is 1.33 bits per heavy atom. The molecule has 0 unspecified atom stereocenters. The molecule has 0 rings (SSSR count). The third-order valence-corrected chi connectivity index (χ3v) is 1.78. The second kappa shape index (κ2) is 8.28. The minimum absolute atomic E-state index is 0.301. The van der Waals surface area contributed by atoms with Crippen molar-refractivity contribution in [1.82, 2.24) is 0 Å². The van der Waals surface area contributed by atoms with Gasteiger partial charge in [-0.2, -0.15) is 0 Å². The summed E-state index contributed by atoms with van der Waals surface area (Å²) in [5, 5.41) is 0. The zero-order valence-electron chi connectivity index (χ0n) is 10.5. The van der Waals surface area contributed by atoms with Crippen molar-refractivity contribution in [2.45, 2.75) is 40.5 Å². The molecule has 0 N–H and O–H groups in total. The molecule has 0 heteroatoms. The summed E-state index contributed by atoms with van der Waals surface area (Å²) >= 11 is 0. The molecule has 0 heterocycles. The second-order valence-corrected chi connectivity index (χ2v) is 4.67. The fourth-order valence-corrected chi connectivity index (χ4v) is 1.03. The molecule has 0 radical (unpaired) electrons. The summed E-state index contributed by atoms with van der Waals surface area (Å²) in [4.78, 5) is 0. The summed E-state index contributed by atoms with van der Waals surface area (Å²) in [6.45, 7) is 8.68. The van der Waals surface area contributed by atoms with Crippen LogP contribution < -0.4 is 0 Å². The third kappa shape index (κ3) is 13.0. The highest BCUT2D eigenvalue weighted by Crippen LogP contribution is 2.14. The van der Waals surface area contributed by atoms with Gasteiger partial charge in [-0.3, -0.25) is 0 Å². The fourth-order valence-electron chi connectivity index (χ4n) is 1.03. The molecule has 0 saturated heterocycles. The van der Waals surface area contributed by atoms with E-state index in [9.17, 15) is 0 Å². The topological polar surface area (TPSA) is 0 Å². The van der Waals surface area contributed by atoms with Crippen LogP contribution in [-0.4, -0.2) is 0 Å². The summed E-state index contributed by atoms with van der Waals surface area (Å²) in [6.07, 6.45) is 19.3. The van der Waals surface area contributed by atoms with E-state index in [1.165, 1.54) is 0 Å². The first-order valence-electron chi connectivity index (χ1n) is 5.67. The van der Waals surface area contributed by atoms with E-state index < -0.39 is 0 Å². The van der Waals surface area contributed by atoms with Gasteiger partial charge < -0.3 is 0 Å². The standard InChI is InChI=1S/C15H24/c1-5-6-7-8-9-10-11-12-13-14-15(2,3)4/h5-6,8-11,13-14H,7,12H2,1-4H3. The van der Waals surface area contributed by atoms with Crippen LogP contribution in [0.25, 0.3) is 0 Å². The quantitative estimate of drug-likeness (QED) is 0.434. The van der Waals surface area contributed by atoms with E-state index in [2.05, 4.69) is 69.4 Å². The molecule has 0 amide bonds. The van der Waals surface area contributed by atoms with Crippen LogP contribution in [0.15, 0.2) is 48.6 Å². The zero-order chi connectivity index (χ0) is 11.6. The normalized spacial score (nSPS) is 14.1. The van der Waals surface area contributed by atoms with E-state index >= 15 is 0 Å². The Kier molecular flexibility index (Phi) is 7.71. The van der Waals surface area contributed by atoms with Crippen molar-refractivity contribution < 1.29 is 0 Å². The highest BCUT2D eigenvalue weighted by Gasteiger charge is 2.01. The first-order valence-corrected chi connectivity index (χ1v) is 5.67. The molecule has 0 atom stereocenters. The van der Waals surface area contributed by atoms with Crippen LogP contribution in [0.3, 0.4) is 0 Å². The van der Waals surface area contributed by atoms with Gasteiger partial charge in [-0.1, -0.05) is 69.4 Å². The smallest absolute Gasteiger partial charge is 0.0166 e. The Bertz CT molecular complexity index is 244. The van der Waals surface area contributed by atoms with Crippen molar-refractivity contribution in [3.05, 3.63) is 48.6 Å². The van der Waals surface area contributed by atoms with Crippen LogP contribution in [-0.2, 0) is 0 Å². The molecule has 0 aliphatic heterocycles. The monoisotopic (exact) mass is 204 g/mol. The van der Waals surface area contributed by atoms with E-state index in [1.54, 1.807) is 0 Å². The maximum atomic E-state index is 2.25. The zero-order valence-corrected chi connectivity index (χ0v) is 10.5. The fraction of sp³-hybridized carbons (Fsp3) is 0.467. The van der Waals surface area contributed by atoms with E-state index in [0.717, 1.165) is 12.8 Å². The van der Waals surface area contributed by atoms with Gasteiger partial charge in [-0.25, -0.2) is 0 Å². The lowest BCUT2D eigenvalue weighted by Gasteiger charge is -2.10. The van der Waals surface area contributed by atoms with Gasteiger partial charge in [0.2, 0.25) is 0 Å². The van der Waals surface area contributed by atoms with E-state index in [4.69, 9.17) is 0 Å². The Balaban J connectivity index is 3.64. The van der Waals surface area contributed by atoms with Crippen molar-refractivity contribution in [2.75, 3.05) is 0 Å². The molecule has 0 saturated carbocycles. The molecular weight excluding hydrogens is 180 g/mol. The predicted molar refractivity (Wildman–Crippen MR) is 70.9 cm³/mol. The van der Waals surface area contributed by atoms with Crippen molar-refractivity contribution in [3.63, 3.8) is 0 Å². The van der Waals surface area contributed by atoms with Crippen LogP contribution in [0.4, 0.5) is 0 Å². The lowest BCUT2D eigenvalue weighted by atomic mass is 9.96. The predicted octanol–water partition coefficient (Wildman–Crippen LogP) is 5.06. The average Bonchev–Trinajstić information content (AvgIpc) is 2.14. The molecule has 0 aromatic rings. The van der Waals surface area contributed by atoms with Crippen molar-refractivity contribution in [1.29, 1.82) is 0 Å². The van der Waals surface area contributed by atoms with Crippen LogP contribution in [0.1, 0.15) is 40.5 Å². The third-order valence-electron chi connectivity index (χ3n) is 1.78. The van der Waals surface area contributed by atoms with Gasteiger partial charge in [0.1, 0.15) is 0 Å². The summed E-state index contributed by atoms with van der Waals surface area (Å²) in [6, 6.07) is 0. The number of rotatable bonds is 5. The minimum Gasteiger partial charge on any atom is -0.0914 e. The highest BCUT2D eigenvalue weighted by atomic mass is 14.1. The lowest BCUT2D eigenvalue weighted by molar-refractivity contribution is 0.543. The van der Waals surface area contributed by atoms with Gasteiger partial charge in [0.05, 0.1) is 0 Å². The van der Waals surface area contributed by atoms with E-state index in [0.29, 0.717) is 5.41 Å². The number of hydrogen-bond acceptors (Lipinski definition) is 0. The van der Waals surface area contributed by atoms with Gasteiger partial charge in [-0.05, 0) is 25.2 Å². The Hall–Kier alpha value is -1.04. The summed E-state index contributed by atoms with van der Waals surface area (Å²) in [5.74, 6) is 0. The minimum atomic E-state index is 0.301. The summed E-state index contributed by atoms with van der Waals surface area (Å²) < 4.78 is 0. The first kappa shape index (κ1) is 14.0. The Morgan fingerprint density at radius 3 is 1.80 bits per heavy atom. The van der Waals surface area contributed by atoms with Crippen molar-refractivity contribution in [3.8, 4) is 0 Å². The maximum absolute atomic E-state index is 2.25. The van der Waals surface area contributed by atoms with Gasteiger partial charge in [0.15, 0.2) is 0 Å². The molecule has 0 nitrogen and oxygen atoms in total. The van der Waals surface area contributed by atoms with Gasteiger partial charge >= 0.3 is 0 Å². The molecular formula is C15H24. The largest absolute Gasteiger partial charge is 0.0914 e. The molecule has 0 bridgehead atoms. The highest BCUT2D eigenvalue weighted by molar-refractivity contribution is 5.07. The molecule has 0 aromatic carbocycles. The average molecular weight is 204 g/mol. The molecule has 0 aliphatic carbocycles. The van der Waals surface area contributed by atoms with Gasteiger partial charge in [-0.15, -0.1) is 0 Å². The summed E-state index contributed by atoms with van der Waals surface area (Å²) in [7, 11) is 0. The van der Waals surface area contributed by atoms with Gasteiger partial charge in [0, 0.05) is 0 Å². The van der Waals surface area contributed by atoms with Crippen LogP contribution >= 0.6 is 0 Å². The van der Waals surface area contributed by atoms with Gasteiger partial charge in [0.25, 0.3) is 0 Å². The number of hydrogen-bond donors (Lipinski definition) is 0. The van der Waals surface area contributed by atoms with E-state index in [1.807, 2.05) is 6.92 Å². The molecule has 0 fully saturated rings. The Morgan fingerprint density at radius 1 is 0.800 bits per heavy atom. The molecule has 84 valence electrons. The second-order valence-electron chi connectivity index (χ2n) is 4.67. The molecule has 0 aliphatic rings. The Labute approximate surface area is 95.1 Å². The molecule has 0 aromatic heterocycles. The van der Waals surface area contributed by atoms with Crippen molar-refractivity contribution >= 4 is 0 Å². The summed E-state index contributed by atoms with van der Waals surface area (Å²) in [5.41, 5.74) is 0.301. The maximum Gasteiger partial charge on any atom is -0.0166 e. The number of allylic oxidation sites excluding steroid dienone is 8. The molecule has 0 spiro atoms. The van der Waals surface area contributed by atoms with Crippen LogP contribution in [0.5, 0.6) is 0 Å². The SMILES string of the molecule is CC=CCC=CC=CCC=CC(C)(C)C. The first-order chi connectivity index (χ1) is 7.06. The van der Waals surface area contributed by atoms with Crippen molar-refractivity contribution in [2.24, 2.45) is 5.41 Å². The molecule has 15 heavy (non-hydrogen) atoms. The van der Waals surface area contributed by atoms with Crippen LogP contribution in [0.2, 0.25) is 0 Å².